The number of alkyl halides is 4. The van der Waals surface area contributed by atoms with Gasteiger partial charge in [-0.1, -0.05) is 0 Å². The molecule has 0 aromatic carbocycles. The maximum Gasteiger partial charge on any atom is 0.421 e. The van der Waals surface area contributed by atoms with Gasteiger partial charge < -0.3 is 5.32 Å². The second kappa shape index (κ2) is 2.38. The van der Waals surface area contributed by atoms with Crippen LogP contribution < -0.4 is 5.32 Å². The maximum atomic E-state index is 12.2. The Morgan fingerprint density at radius 2 is 1.90 bits per heavy atom. The van der Waals surface area contributed by atoms with Crippen molar-refractivity contribution in [3.63, 3.8) is 0 Å². The predicted molar refractivity (Wildman–Crippen MR) is 27.4 cm³/mol. The molecule has 1 fully saturated rings. The SMILES string of the molecule is FC(C1CCN1)C(F)(F)F. The summed E-state index contributed by atoms with van der Waals surface area (Å²) in [5.74, 6) is 0. The van der Waals surface area contributed by atoms with Gasteiger partial charge in [-0.15, -0.1) is 0 Å². The number of hydrogen-bond donors (Lipinski definition) is 1. The first-order valence-electron chi connectivity index (χ1n) is 2.96. The van der Waals surface area contributed by atoms with Crippen LogP contribution in [0, 0.1) is 0 Å². The van der Waals surface area contributed by atoms with Crippen molar-refractivity contribution >= 4 is 0 Å². The van der Waals surface area contributed by atoms with Crippen molar-refractivity contribution in [1.29, 1.82) is 0 Å². The summed E-state index contributed by atoms with van der Waals surface area (Å²) in [5.41, 5.74) is 0. The van der Waals surface area contributed by atoms with Gasteiger partial charge in [0.2, 0.25) is 6.17 Å². The molecule has 0 aromatic rings. The molecule has 1 aliphatic heterocycles. The number of hydrogen-bond acceptors (Lipinski definition) is 1. The molecule has 1 nitrogen and oxygen atoms in total. The van der Waals surface area contributed by atoms with Crippen LogP contribution in [0.25, 0.3) is 0 Å². The highest BCUT2D eigenvalue weighted by molar-refractivity contribution is 4.88. The second-order valence-corrected chi connectivity index (χ2v) is 2.29. The van der Waals surface area contributed by atoms with Gasteiger partial charge in [-0.05, 0) is 13.0 Å². The Balaban J connectivity index is 2.39. The van der Waals surface area contributed by atoms with E-state index in [2.05, 4.69) is 5.32 Å². The van der Waals surface area contributed by atoms with Crippen molar-refractivity contribution in [2.24, 2.45) is 0 Å². The highest BCUT2D eigenvalue weighted by Gasteiger charge is 2.47. The molecule has 0 aliphatic carbocycles. The first-order valence-corrected chi connectivity index (χ1v) is 2.96. The number of rotatable bonds is 1. The minimum absolute atomic E-state index is 0.278. The number of halogens is 4. The lowest BCUT2D eigenvalue weighted by atomic mass is 10.0. The lowest BCUT2D eigenvalue weighted by Gasteiger charge is -2.31. The van der Waals surface area contributed by atoms with Crippen LogP contribution in [0.3, 0.4) is 0 Å². The van der Waals surface area contributed by atoms with Crippen LogP contribution in [0.2, 0.25) is 0 Å². The summed E-state index contributed by atoms with van der Waals surface area (Å²) >= 11 is 0. The third kappa shape index (κ3) is 1.39. The van der Waals surface area contributed by atoms with Crippen LogP contribution in [-0.2, 0) is 0 Å². The third-order valence-corrected chi connectivity index (χ3v) is 1.53. The van der Waals surface area contributed by atoms with Crippen LogP contribution >= 0.6 is 0 Å². The zero-order chi connectivity index (χ0) is 7.78. The molecule has 2 atom stereocenters. The highest BCUT2D eigenvalue weighted by atomic mass is 19.4. The molecule has 1 saturated heterocycles. The summed E-state index contributed by atoms with van der Waals surface area (Å²) in [4.78, 5) is 0. The summed E-state index contributed by atoms with van der Waals surface area (Å²) < 4.78 is 46.7. The molecule has 0 spiro atoms. The molecule has 1 heterocycles. The molecule has 0 saturated carbocycles. The summed E-state index contributed by atoms with van der Waals surface area (Å²) in [7, 11) is 0. The Hall–Kier alpha value is -0.320. The summed E-state index contributed by atoms with van der Waals surface area (Å²) in [5, 5.41) is 2.36. The van der Waals surface area contributed by atoms with Gasteiger partial charge in [0.25, 0.3) is 0 Å². The van der Waals surface area contributed by atoms with Crippen molar-refractivity contribution in [3.05, 3.63) is 0 Å². The normalized spacial score (nSPS) is 29.4. The molecule has 1 rings (SSSR count). The van der Waals surface area contributed by atoms with Crippen LogP contribution in [0.1, 0.15) is 6.42 Å². The van der Waals surface area contributed by atoms with Crippen molar-refractivity contribution in [1.82, 2.24) is 5.32 Å². The van der Waals surface area contributed by atoms with Gasteiger partial charge in [0.05, 0.1) is 0 Å². The van der Waals surface area contributed by atoms with E-state index in [4.69, 9.17) is 0 Å². The fraction of sp³-hybridized carbons (Fsp3) is 1.00. The molecule has 0 radical (unpaired) electrons. The molecular formula is C5H7F4N. The van der Waals surface area contributed by atoms with Crippen LogP contribution in [0.15, 0.2) is 0 Å². The molecule has 1 aliphatic rings. The van der Waals surface area contributed by atoms with Crippen molar-refractivity contribution < 1.29 is 17.6 Å². The minimum Gasteiger partial charge on any atom is -0.311 e. The first-order chi connectivity index (χ1) is 4.52. The molecule has 0 amide bonds. The fourth-order valence-corrected chi connectivity index (χ4v) is 0.789. The number of nitrogens with one attached hydrogen (secondary N) is 1. The van der Waals surface area contributed by atoms with E-state index in [1.807, 2.05) is 0 Å². The molecule has 1 N–H and O–H groups in total. The van der Waals surface area contributed by atoms with E-state index in [-0.39, 0.29) is 6.42 Å². The van der Waals surface area contributed by atoms with Gasteiger partial charge in [0.15, 0.2) is 0 Å². The van der Waals surface area contributed by atoms with Gasteiger partial charge in [-0.25, -0.2) is 4.39 Å². The van der Waals surface area contributed by atoms with Gasteiger partial charge in [0, 0.05) is 6.04 Å². The van der Waals surface area contributed by atoms with Gasteiger partial charge in [-0.2, -0.15) is 13.2 Å². The van der Waals surface area contributed by atoms with Crippen molar-refractivity contribution in [2.75, 3.05) is 6.54 Å². The van der Waals surface area contributed by atoms with E-state index >= 15 is 0 Å². The molecule has 2 unspecified atom stereocenters. The van der Waals surface area contributed by atoms with E-state index in [9.17, 15) is 17.6 Å². The van der Waals surface area contributed by atoms with E-state index in [0.29, 0.717) is 6.54 Å². The quantitative estimate of drug-likeness (QED) is 0.565. The minimum atomic E-state index is -4.70. The molecular weight excluding hydrogens is 150 g/mol. The van der Waals surface area contributed by atoms with Crippen LogP contribution in [0.4, 0.5) is 17.6 Å². The summed E-state index contributed by atoms with van der Waals surface area (Å²) in [6.45, 7) is 0.487. The zero-order valence-electron chi connectivity index (χ0n) is 5.08. The summed E-state index contributed by atoms with van der Waals surface area (Å²) in [6.07, 6.45) is -7.11. The molecule has 10 heavy (non-hydrogen) atoms. The van der Waals surface area contributed by atoms with Crippen LogP contribution in [0.5, 0.6) is 0 Å². The molecule has 60 valence electrons. The third-order valence-electron chi connectivity index (χ3n) is 1.53. The van der Waals surface area contributed by atoms with E-state index in [0.717, 1.165) is 0 Å². The highest BCUT2D eigenvalue weighted by Crippen LogP contribution is 2.28. The Morgan fingerprint density at radius 1 is 1.40 bits per heavy atom. The van der Waals surface area contributed by atoms with Gasteiger partial charge in [-0.3, -0.25) is 0 Å². The van der Waals surface area contributed by atoms with Gasteiger partial charge >= 0.3 is 6.18 Å². The molecule has 0 bridgehead atoms. The fourth-order valence-electron chi connectivity index (χ4n) is 0.789. The van der Waals surface area contributed by atoms with Crippen LogP contribution in [-0.4, -0.2) is 24.9 Å². The van der Waals surface area contributed by atoms with E-state index in [1.165, 1.54) is 0 Å². The Morgan fingerprint density at radius 3 is 2.00 bits per heavy atom. The summed E-state index contributed by atoms with van der Waals surface area (Å²) in [6, 6.07) is -1.00. The smallest absolute Gasteiger partial charge is 0.311 e. The topological polar surface area (TPSA) is 12.0 Å². The Labute approximate surface area is 55.4 Å². The molecule has 0 aromatic heterocycles. The monoisotopic (exact) mass is 157 g/mol. The second-order valence-electron chi connectivity index (χ2n) is 2.29. The lowest BCUT2D eigenvalue weighted by Crippen LogP contribution is -2.53. The Kier molecular flexibility index (Phi) is 1.85. The average Bonchev–Trinajstić information content (AvgIpc) is 1.57. The van der Waals surface area contributed by atoms with Crippen molar-refractivity contribution in [2.45, 2.75) is 24.8 Å². The Bertz CT molecular complexity index is 117. The van der Waals surface area contributed by atoms with Gasteiger partial charge in [0.1, 0.15) is 0 Å². The zero-order valence-corrected chi connectivity index (χ0v) is 5.08. The first kappa shape index (κ1) is 7.78. The average molecular weight is 157 g/mol. The maximum absolute atomic E-state index is 12.2. The van der Waals surface area contributed by atoms with Crippen molar-refractivity contribution in [3.8, 4) is 0 Å². The van der Waals surface area contributed by atoms with E-state index < -0.39 is 18.4 Å². The standard InChI is InChI=1S/C5H7F4N/c6-4(5(7,8)9)3-1-2-10-3/h3-4,10H,1-2H2. The predicted octanol–water partition coefficient (Wildman–Crippen LogP) is 1.25. The lowest BCUT2D eigenvalue weighted by molar-refractivity contribution is -0.192. The largest absolute Gasteiger partial charge is 0.421 e. The molecule has 5 heteroatoms. The van der Waals surface area contributed by atoms with E-state index in [1.54, 1.807) is 0 Å².